The fourth-order valence-electron chi connectivity index (χ4n) is 1.13. The van der Waals surface area contributed by atoms with Gasteiger partial charge in [0, 0.05) is 13.2 Å². The summed E-state index contributed by atoms with van der Waals surface area (Å²) < 4.78 is 5.24. The van der Waals surface area contributed by atoms with Crippen LogP contribution in [-0.4, -0.2) is 36.6 Å². The molecule has 0 aromatic rings. The summed E-state index contributed by atoms with van der Waals surface area (Å²) in [6, 6.07) is 0. The highest BCUT2D eigenvalue weighted by Crippen LogP contribution is 2.04. The topological polar surface area (TPSA) is 49.7 Å². The lowest BCUT2D eigenvalue weighted by Crippen LogP contribution is -1.92. The lowest BCUT2D eigenvalue weighted by Gasteiger charge is -2.00. The molecule has 25 heavy (non-hydrogen) atoms. The third-order valence-corrected chi connectivity index (χ3v) is 1.95. The van der Waals surface area contributed by atoms with Gasteiger partial charge in [0.1, 0.15) is 0 Å². The molecule has 0 heterocycles. The fourth-order valence-corrected chi connectivity index (χ4v) is 1.13. The molecule has 0 atom stereocenters. The van der Waals surface area contributed by atoms with E-state index in [1.165, 1.54) is 38.5 Å². The SMILES string of the molecule is C=C.C=C.C=C.C=C.C=C.CCCCCCCCOCC.OCCO. The minimum atomic E-state index is -0.125. The molecule has 0 spiro atoms. The van der Waals surface area contributed by atoms with Crippen molar-refractivity contribution < 1.29 is 14.9 Å². The van der Waals surface area contributed by atoms with E-state index in [9.17, 15) is 0 Å². The van der Waals surface area contributed by atoms with E-state index >= 15 is 0 Å². The molecule has 3 heteroatoms. The Bertz CT molecular complexity index is 120. The van der Waals surface area contributed by atoms with E-state index in [-0.39, 0.29) is 13.2 Å². The van der Waals surface area contributed by atoms with Crippen molar-refractivity contribution in [1.82, 2.24) is 0 Å². The second-order valence-electron chi connectivity index (χ2n) is 3.41. The Kier molecular flexibility index (Phi) is 200. The molecule has 0 rings (SSSR count). The van der Waals surface area contributed by atoms with E-state index in [0.717, 1.165) is 13.2 Å². The largest absolute Gasteiger partial charge is 0.394 e. The van der Waals surface area contributed by atoms with Crippen LogP contribution in [0.3, 0.4) is 0 Å². The second kappa shape index (κ2) is 115. The molecule has 3 nitrogen and oxygen atoms in total. The van der Waals surface area contributed by atoms with Crippen LogP contribution in [0.15, 0.2) is 65.8 Å². The summed E-state index contributed by atoms with van der Waals surface area (Å²) in [5.74, 6) is 0. The van der Waals surface area contributed by atoms with Crippen LogP contribution in [0, 0.1) is 0 Å². The standard InChI is InChI=1S/C10H22O.C2H6O2.5C2H4/c1-3-5-6-7-8-9-10-11-4-2;3-1-2-4;5*1-2/h3-10H2,1-2H3;3-4H,1-2H2;5*1-2H2. The van der Waals surface area contributed by atoms with Crippen molar-refractivity contribution in [2.45, 2.75) is 52.4 Å². The molecular formula is C22H48O3. The molecule has 0 radical (unpaired) electrons. The van der Waals surface area contributed by atoms with E-state index in [1.807, 2.05) is 0 Å². The summed E-state index contributed by atoms with van der Waals surface area (Å²) in [5, 5.41) is 15.2. The van der Waals surface area contributed by atoms with Gasteiger partial charge in [0.05, 0.1) is 13.2 Å². The Hall–Kier alpha value is -1.42. The molecule has 0 aliphatic heterocycles. The summed E-state index contributed by atoms with van der Waals surface area (Å²) in [6.07, 6.45) is 8.13. The highest BCUT2D eigenvalue weighted by atomic mass is 16.5. The Labute approximate surface area is 160 Å². The van der Waals surface area contributed by atoms with Gasteiger partial charge < -0.3 is 14.9 Å². The van der Waals surface area contributed by atoms with Crippen LogP contribution in [0.5, 0.6) is 0 Å². The summed E-state index contributed by atoms with van der Waals surface area (Å²) in [6.45, 7) is 35.9. The van der Waals surface area contributed by atoms with Crippen molar-refractivity contribution in [1.29, 1.82) is 0 Å². The molecule has 0 amide bonds. The minimum absolute atomic E-state index is 0.125. The maximum atomic E-state index is 7.62. The van der Waals surface area contributed by atoms with E-state index in [2.05, 4.69) is 79.6 Å². The third-order valence-electron chi connectivity index (χ3n) is 1.95. The lowest BCUT2D eigenvalue weighted by atomic mass is 10.1. The molecule has 0 aromatic carbocycles. The first-order chi connectivity index (χ1) is 12.3. The van der Waals surface area contributed by atoms with Gasteiger partial charge in [0.2, 0.25) is 0 Å². The zero-order valence-electron chi connectivity index (χ0n) is 17.4. The maximum Gasteiger partial charge on any atom is 0.0662 e. The smallest absolute Gasteiger partial charge is 0.0662 e. The van der Waals surface area contributed by atoms with Gasteiger partial charge in [0.15, 0.2) is 0 Å². The van der Waals surface area contributed by atoms with Gasteiger partial charge in [-0.2, -0.15) is 0 Å². The minimum Gasteiger partial charge on any atom is -0.394 e. The van der Waals surface area contributed by atoms with E-state index in [4.69, 9.17) is 14.9 Å². The maximum absolute atomic E-state index is 7.62. The van der Waals surface area contributed by atoms with Gasteiger partial charge >= 0.3 is 0 Å². The number of hydrogen-bond donors (Lipinski definition) is 2. The first-order valence-corrected chi connectivity index (χ1v) is 8.62. The number of aliphatic hydroxyl groups is 2. The van der Waals surface area contributed by atoms with Crippen LogP contribution in [-0.2, 0) is 4.74 Å². The summed E-state index contributed by atoms with van der Waals surface area (Å²) >= 11 is 0. The Morgan fingerprint density at radius 1 is 0.560 bits per heavy atom. The molecule has 0 aromatic heterocycles. The molecule has 0 aliphatic rings. The fraction of sp³-hybridized carbons (Fsp3) is 0.545. The summed E-state index contributed by atoms with van der Waals surface area (Å²) in [4.78, 5) is 0. The Morgan fingerprint density at radius 2 is 0.880 bits per heavy atom. The van der Waals surface area contributed by atoms with Crippen LogP contribution in [0.25, 0.3) is 0 Å². The van der Waals surface area contributed by atoms with Crippen LogP contribution in [0.4, 0.5) is 0 Å². The summed E-state index contributed by atoms with van der Waals surface area (Å²) in [5.41, 5.74) is 0. The monoisotopic (exact) mass is 360 g/mol. The predicted molar refractivity (Wildman–Crippen MR) is 120 cm³/mol. The van der Waals surface area contributed by atoms with Crippen molar-refractivity contribution in [2.24, 2.45) is 0 Å². The van der Waals surface area contributed by atoms with E-state index < -0.39 is 0 Å². The van der Waals surface area contributed by atoms with E-state index in [1.54, 1.807) is 0 Å². The lowest BCUT2D eigenvalue weighted by molar-refractivity contribution is 0.143. The molecule has 0 bridgehead atoms. The van der Waals surface area contributed by atoms with Gasteiger partial charge in [0.25, 0.3) is 0 Å². The zero-order chi connectivity index (χ0) is 21.8. The van der Waals surface area contributed by atoms with Crippen LogP contribution in [0.1, 0.15) is 52.4 Å². The van der Waals surface area contributed by atoms with Crippen LogP contribution >= 0.6 is 0 Å². The zero-order valence-corrected chi connectivity index (χ0v) is 17.4. The average molecular weight is 361 g/mol. The number of ether oxygens (including phenoxy) is 1. The van der Waals surface area contributed by atoms with E-state index in [0.29, 0.717) is 0 Å². The molecule has 2 N–H and O–H groups in total. The van der Waals surface area contributed by atoms with Crippen LogP contribution < -0.4 is 0 Å². The first-order valence-electron chi connectivity index (χ1n) is 8.62. The van der Waals surface area contributed by atoms with Gasteiger partial charge in [-0.05, 0) is 13.3 Å². The van der Waals surface area contributed by atoms with Gasteiger partial charge in [-0.25, -0.2) is 0 Å². The molecule has 154 valence electrons. The molecule has 0 saturated heterocycles. The van der Waals surface area contributed by atoms with Gasteiger partial charge in [-0.15, -0.1) is 65.8 Å². The molecule has 0 aliphatic carbocycles. The number of unbranched alkanes of at least 4 members (excludes halogenated alkanes) is 5. The quantitative estimate of drug-likeness (QED) is 0.371. The van der Waals surface area contributed by atoms with Crippen molar-refractivity contribution in [3.63, 3.8) is 0 Å². The number of hydrogen-bond acceptors (Lipinski definition) is 3. The normalized spacial score (nSPS) is 6.56. The number of rotatable bonds is 9. The highest BCUT2D eigenvalue weighted by molar-refractivity contribution is 4.42. The average Bonchev–Trinajstić information content (AvgIpc) is 2.75. The third kappa shape index (κ3) is 166. The molecule has 0 saturated carbocycles. The van der Waals surface area contributed by atoms with Gasteiger partial charge in [-0.1, -0.05) is 39.0 Å². The molecular weight excluding hydrogens is 312 g/mol. The van der Waals surface area contributed by atoms with Crippen molar-refractivity contribution in [3.8, 4) is 0 Å². The highest BCUT2D eigenvalue weighted by Gasteiger charge is 1.88. The summed E-state index contributed by atoms with van der Waals surface area (Å²) in [7, 11) is 0. The molecule has 0 unspecified atom stereocenters. The Balaban J connectivity index is -0.0000000387. The molecule has 0 fully saturated rings. The van der Waals surface area contributed by atoms with Crippen LogP contribution in [0.2, 0.25) is 0 Å². The Morgan fingerprint density at radius 3 is 1.16 bits per heavy atom. The van der Waals surface area contributed by atoms with Gasteiger partial charge in [-0.3, -0.25) is 0 Å². The number of aliphatic hydroxyl groups excluding tert-OH is 2. The van der Waals surface area contributed by atoms with Crippen molar-refractivity contribution in [3.05, 3.63) is 65.8 Å². The predicted octanol–water partition coefficient (Wildman–Crippen LogP) is 6.37. The second-order valence-corrected chi connectivity index (χ2v) is 3.41. The van der Waals surface area contributed by atoms with Crippen molar-refractivity contribution >= 4 is 0 Å². The van der Waals surface area contributed by atoms with Crippen molar-refractivity contribution in [2.75, 3.05) is 26.4 Å². The first kappa shape index (κ1) is 43.7.